The first-order valence-electron chi connectivity index (χ1n) is 13.0. The van der Waals surface area contributed by atoms with E-state index in [0.29, 0.717) is 17.1 Å². The van der Waals surface area contributed by atoms with Crippen molar-refractivity contribution in [3.63, 3.8) is 0 Å². The van der Waals surface area contributed by atoms with E-state index in [2.05, 4.69) is 61.3 Å². The standard InChI is InChI=1S/C32H30N2O3/c1-4-21-18-29-27(20-28(21)33-22-12-8-7-9-13-22)32(25-15-11-10-14-24(25)31(35)37-32)26-17-16-23(19-30(26)36-29)34(5-2)6-3/h7-20,33H,4-6H2,1-3H3. The molecule has 0 radical (unpaired) electrons. The molecule has 6 rings (SSSR count). The molecule has 37 heavy (non-hydrogen) atoms. The molecule has 2 aliphatic heterocycles. The molecule has 5 nitrogen and oxygen atoms in total. The number of rotatable bonds is 6. The quantitative estimate of drug-likeness (QED) is 0.285. The molecule has 0 fully saturated rings. The number of nitrogens with zero attached hydrogens (tertiary/aromatic N) is 1. The Hall–Kier alpha value is -4.25. The molecule has 0 aromatic heterocycles. The first-order chi connectivity index (χ1) is 18.1. The summed E-state index contributed by atoms with van der Waals surface area (Å²) in [5.41, 5.74) is 6.18. The van der Waals surface area contributed by atoms with E-state index in [-0.39, 0.29) is 5.97 Å². The molecule has 1 atom stereocenters. The molecule has 2 aliphatic rings. The second-order valence-electron chi connectivity index (χ2n) is 9.42. The zero-order chi connectivity index (χ0) is 25.6. The number of benzene rings is 4. The van der Waals surface area contributed by atoms with Crippen LogP contribution in [0, 0.1) is 0 Å². The Kier molecular flexibility index (Phi) is 5.64. The molecule has 4 aromatic carbocycles. The van der Waals surface area contributed by atoms with Crippen molar-refractivity contribution in [3.05, 3.63) is 113 Å². The highest BCUT2D eigenvalue weighted by molar-refractivity contribution is 5.97. The van der Waals surface area contributed by atoms with Gasteiger partial charge in [-0.05, 0) is 68.3 Å². The van der Waals surface area contributed by atoms with Crippen LogP contribution in [0.4, 0.5) is 17.1 Å². The lowest BCUT2D eigenvalue weighted by Gasteiger charge is -2.38. The summed E-state index contributed by atoms with van der Waals surface area (Å²) >= 11 is 0. The molecule has 5 heteroatoms. The molecule has 4 aromatic rings. The third kappa shape index (κ3) is 3.57. The molecule has 0 saturated carbocycles. The molecule has 186 valence electrons. The van der Waals surface area contributed by atoms with Crippen LogP contribution in [0.1, 0.15) is 53.4 Å². The highest BCUT2D eigenvalue weighted by Gasteiger charge is 2.53. The summed E-state index contributed by atoms with van der Waals surface area (Å²) in [6.45, 7) is 8.20. The van der Waals surface area contributed by atoms with Crippen molar-refractivity contribution >= 4 is 23.0 Å². The Morgan fingerprint density at radius 2 is 1.51 bits per heavy atom. The highest BCUT2D eigenvalue weighted by Crippen LogP contribution is 2.57. The first-order valence-corrected chi connectivity index (χ1v) is 13.0. The van der Waals surface area contributed by atoms with Crippen molar-refractivity contribution in [1.29, 1.82) is 0 Å². The number of hydrogen-bond acceptors (Lipinski definition) is 5. The number of hydrogen-bond donors (Lipinski definition) is 1. The van der Waals surface area contributed by atoms with Crippen LogP contribution in [0.15, 0.2) is 84.9 Å². The van der Waals surface area contributed by atoms with Crippen molar-refractivity contribution in [2.75, 3.05) is 23.3 Å². The van der Waals surface area contributed by atoms with Gasteiger partial charge >= 0.3 is 5.97 Å². The van der Waals surface area contributed by atoms with E-state index in [1.165, 1.54) is 0 Å². The summed E-state index contributed by atoms with van der Waals surface area (Å²) < 4.78 is 13.0. The van der Waals surface area contributed by atoms with E-state index >= 15 is 0 Å². The van der Waals surface area contributed by atoms with Crippen molar-refractivity contribution < 1.29 is 14.3 Å². The molecular weight excluding hydrogens is 460 g/mol. The smallest absolute Gasteiger partial charge is 0.340 e. The van der Waals surface area contributed by atoms with Gasteiger partial charge in [0.1, 0.15) is 11.5 Å². The summed E-state index contributed by atoms with van der Waals surface area (Å²) in [6, 6.07) is 28.2. The lowest BCUT2D eigenvalue weighted by atomic mass is 9.77. The number of esters is 1. The SMILES string of the molecule is CCc1cc2c(cc1Nc1ccccc1)C1(OC(=O)c3ccccc31)c1ccc(N(CC)CC)cc1O2. The molecule has 1 spiro atoms. The van der Waals surface area contributed by atoms with Crippen LogP contribution in [0.5, 0.6) is 11.5 Å². The second kappa shape index (κ2) is 9.00. The largest absolute Gasteiger partial charge is 0.456 e. The Balaban J connectivity index is 1.60. The van der Waals surface area contributed by atoms with Gasteiger partial charge in [-0.3, -0.25) is 0 Å². The number of carbonyl (C=O) groups excluding carboxylic acids is 1. The third-order valence-corrected chi connectivity index (χ3v) is 7.48. The number of aryl methyl sites for hydroxylation is 1. The first kappa shape index (κ1) is 23.2. The maximum Gasteiger partial charge on any atom is 0.340 e. The number of para-hydroxylation sites is 1. The summed E-state index contributed by atoms with van der Waals surface area (Å²) in [7, 11) is 0. The van der Waals surface area contributed by atoms with Crippen molar-refractivity contribution in [2.24, 2.45) is 0 Å². The van der Waals surface area contributed by atoms with Gasteiger partial charge in [0, 0.05) is 52.9 Å². The molecule has 0 saturated heterocycles. The summed E-state index contributed by atoms with van der Waals surface area (Å²) in [5, 5.41) is 3.58. The van der Waals surface area contributed by atoms with Gasteiger partial charge in [-0.15, -0.1) is 0 Å². The summed E-state index contributed by atoms with van der Waals surface area (Å²) in [6.07, 6.45) is 0.821. The maximum atomic E-state index is 13.2. The van der Waals surface area contributed by atoms with Crippen molar-refractivity contribution in [2.45, 2.75) is 32.8 Å². The van der Waals surface area contributed by atoms with Gasteiger partial charge in [-0.2, -0.15) is 0 Å². The number of ether oxygens (including phenoxy) is 2. The molecule has 0 bridgehead atoms. The lowest BCUT2D eigenvalue weighted by molar-refractivity contribution is 0.0224. The van der Waals surface area contributed by atoms with Gasteiger partial charge in [0.2, 0.25) is 0 Å². The van der Waals surface area contributed by atoms with Crippen LogP contribution < -0.4 is 15.0 Å². The molecule has 0 amide bonds. The van der Waals surface area contributed by atoms with Gasteiger partial charge in [0.05, 0.1) is 5.56 Å². The fourth-order valence-electron chi connectivity index (χ4n) is 5.62. The minimum Gasteiger partial charge on any atom is -0.456 e. The summed E-state index contributed by atoms with van der Waals surface area (Å²) in [5.74, 6) is 1.11. The average molecular weight is 491 g/mol. The number of fused-ring (bicyclic) bond motifs is 6. The van der Waals surface area contributed by atoms with Gasteiger partial charge in [-0.25, -0.2) is 4.79 Å². The Labute approximate surface area is 217 Å². The predicted molar refractivity (Wildman–Crippen MR) is 147 cm³/mol. The van der Waals surface area contributed by atoms with Crippen LogP contribution in [0.25, 0.3) is 0 Å². The lowest BCUT2D eigenvalue weighted by Crippen LogP contribution is -2.33. The van der Waals surface area contributed by atoms with Crippen LogP contribution in [0.2, 0.25) is 0 Å². The monoisotopic (exact) mass is 490 g/mol. The second-order valence-corrected chi connectivity index (χ2v) is 9.42. The molecule has 1 unspecified atom stereocenters. The molecule has 0 aliphatic carbocycles. The third-order valence-electron chi connectivity index (χ3n) is 7.48. The van der Waals surface area contributed by atoms with Crippen LogP contribution >= 0.6 is 0 Å². The molecule has 2 heterocycles. The van der Waals surface area contributed by atoms with E-state index in [4.69, 9.17) is 9.47 Å². The van der Waals surface area contributed by atoms with E-state index in [1.807, 2.05) is 54.6 Å². The minimum atomic E-state index is -1.09. The Morgan fingerprint density at radius 3 is 2.27 bits per heavy atom. The maximum absolute atomic E-state index is 13.2. The van der Waals surface area contributed by atoms with E-state index in [9.17, 15) is 4.79 Å². The fraction of sp³-hybridized carbons (Fsp3) is 0.219. The molecular formula is C32H30N2O3. The summed E-state index contributed by atoms with van der Waals surface area (Å²) in [4.78, 5) is 15.5. The van der Waals surface area contributed by atoms with Gasteiger partial charge in [0.15, 0.2) is 5.60 Å². The number of nitrogens with one attached hydrogen (secondary N) is 1. The Morgan fingerprint density at radius 1 is 0.784 bits per heavy atom. The normalized spacial score (nSPS) is 16.9. The highest BCUT2D eigenvalue weighted by atomic mass is 16.6. The van der Waals surface area contributed by atoms with E-state index in [0.717, 1.165) is 58.8 Å². The van der Waals surface area contributed by atoms with Crippen LogP contribution in [0.3, 0.4) is 0 Å². The van der Waals surface area contributed by atoms with Crippen molar-refractivity contribution in [3.8, 4) is 11.5 Å². The van der Waals surface area contributed by atoms with Gasteiger partial charge in [-0.1, -0.05) is 43.3 Å². The van der Waals surface area contributed by atoms with E-state index in [1.54, 1.807) is 0 Å². The van der Waals surface area contributed by atoms with Crippen molar-refractivity contribution in [1.82, 2.24) is 0 Å². The number of carbonyl (C=O) groups is 1. The minimum absolute atomic E-state index is 0.320. The average Bonchev–Trinajstić information content (AvgIpc) is 3.23. The zero-order valence-corrected chi connectivity index (χ0v) is 21.4. The topological polar surface area (TPSA) is 50.8 Å². The van der Waals surface area contributed by atoms with Crippen LogP contribution in [-0.4, -0.2) is 19.1 Å². The zero-order valence-electron chi connectivity index (χ0n) is 21.4. The van der Waals surface area contributed by atoms with E-state index < -0.39 is 5.60 Å². The van der Waals surface area contributed by atoms with Crippen LogP contribution in [-0.2, 0) is 16.8 Å². The number of anilines is 3. The fourth-order valence-corrected chi connectivity index (χ4v) is 5.62. The predicted octanol–water partition coefficient (Wildman–Crippen LogP) is 7.41. The molecule has 1 N–H and O–H groups in total. The van der Waals surface area contributed by atoms with Gasteiger partial charge in [0.25, 0.3) is 0 Å². The van der Waals surface area contributed by atoms with Gasteiger partial charge < -0.3 is 19.7 Å². The Bertz CT molecular complexity index is 1490.